The van der Waals surface area contributed by atoms with Crippen molar-refractivity contribution in [2.24, 2.45) is 0 Å². The predicted octanol–water partition coefficient (Wildman–Crippen LogP) is 4.10. The Balaban J connectivity index is 2.23. The van der Waals surface area contributed by atoms with Crippen molar-refractivity contribution >= 4 is 17.0 Å². The lowest BCUT2D eigenvalue weighted by atomic mass is 10.2. The van der Waals surface area contributed by atoms with Crippen molar-refractivity contribution in [3.8, 4) is 5.69 Å². The second-order valence-corrected chi connectivity index (χ2v) is 5.11. The summed E-state index contributed by atoms with van der Waals surface area (Å²) in [6.45, 7) is 1.76. The molecule has 4 nitrogen and oxygen atoms in total. The van der Waals surface area contributed by atoms with Gasteiger partial charge in [0.25, 0.3) is 0 Å². The first kappa shape index (κ1) is 14.1. The molecule has 0 spiro atoms. The molecule has 0 fully saturated rings. The number of hydrogen-bond donors (Lipinski definition) is 2. The molecule has 0 saturated heterocycles. The van der Waals surface area contributed by atoms with Gasteiger partial charge in [0.15, 0.2) is 0 Å². The molecule has 2 aromatic carbocycles. The van der Waals surface area contributed by atoms with Crippen molar-refractivity contribution in [1.29, 1.82) is 0 Å². The van der Waals surface area contributed by atoms with Gasteiger partial charge in [0.2, 0.25) is 0 Å². The molecule has 1 aromatic heterocycles. The minimum atomic E-state index is -1.09. The van der Waals surface area contributed by atoms with Crippen molar-refractivity contribution in [3.63, 3.8) is 0 Å². The summed E-state index contributed by atoms with van der Waals surface area (Å²) in [5.74, 6) is -0.333. The lowest BCUT2D eigenvalue weighted by Crippen LogP contribution is -2.26. The minimum absolute atomic E-state index is 0.333. The Kier molecular flexibility index (Phi) is 3.55. The molecule has 22 heavy (non-hydrogen) atoms. The third-order valence-electron chi connectivity index (χ3n) is 3.59. The molecule has 0 saturated carbocycles. The Morgan fingerprint density at radius 1 is 1.18 bits per heavy atom. The van der Waals surface area contributed by atoms with Crippen molar-refractivity contribution < 1.29 is 14.3 Å². The zero-order chi connectivity index (χ0) is 15.7. The molecule has 1 amide bonds. The Bertz CT molecular complexity index is 842. The molecular formula is C17H15FN2O2. The second-order valence-electron chi connectivity index (χ2n) is 5.11. The van der Waals surface area contributed by atoms with Gasteiger partial charge < -0.3 is 15.0 Å². The van der Waals surface area contributed by atoms with E-state index in [0.717, 1.165) is 16.6 Å². The van der Waals surface area contributed by atoms with Crippen LogP contribution in [0, 0.1) is 5.82 Å². The number of rotatable bonds is 3. The molecule has 0 aliphatic rings. The highest BCUT2D eigenvalue weighted by Gasteiger charge is 2.17. The van der Waals surface area contributed by atoms with E-state index >= 15 is 0 Å². The number of amides is 1. The third-order valence-corrected chi connectivity index (χ3v) is 3.59. The Labute approximate surface area is 126 Å². The van der Waals surface area contributed by atoms with Crippen LogP contribution in [0.3, 0.4) is 0 Å². The monoisotopic (exact) mass is 298 g/mol. The van der Waals surface area contributed by atoms with Crippen LogP contribution in [0.1, 0.15) is 18.7 Å². The van der Waals surface area contributed by atoms with Crippen LogP contribution < -0.4 is 5.32 Å². The zero-order valence-electron chi connectivity index (χ0n) is 12.0. The van der Waals surface area contributed by atoms with E-state index in [9.17, 15) is 9.18 Å². The number of halogens is 1. The minimum Gasteiger partial charge on any atom is -0.465 e. The van der Waals surface area contributed by atoms with E-state index in [1.54, 1.807) is 19.1 Å². The van der Waals surface area contributed by atoms with Gasteiger partial charge in [0.1, 0.15) is 5.82 Å². The van der Waals surface area contributed by atoms with Gasteiger partial charge in [-0.1, -0.05) is 24.3 Å². The molecule has 3 rings (SSSR count). The van der Waals surface area contributed by atoms with Gasteiger partial charge in [-0.2, -0.15) is 0 Å². The van der Waals surface area contributed by atoms with E-state index in [0.29, 0.717) is 5.69 Å². The maximum atomic E-state index is 13.6. The molecule has 112 valence electrons. The van der Waals surface area contributed by atoms with E-state index in [2.05, 4.69) is 5.32 Å². The summed E-state index contributed by atoms with van der Waals surface area (Å²) in [6.07, 6.45) is -1.09. The fourth-order valence-corrected chi connectivity index (χ4v) is 2.66. The summed E-state index contributed by atoms with van der Waals surface area (Å²) < 4.78 is 15.5. The smallest absolute Gasteiger partial charge is 0.405 e. The largest absolute Gasteiger partial charge is 0.465 e. The van der Waals surface area contributed by atoms with E-state index in [1.165, 1.54) is 12.1 Å². The van der Waals surface area contributed by atoms with Gasteiger partial charge in [0.05, 0.1) is 11.6 Å². The lowest BCUT2D eigenvalue weighted by molar-refractivity contribution is 0.190. The molecular weight excluding hydrogens is 283 g/mol. The fourth-order valence-electron chi connectivity index (χ4n) is 2.66. The number of benzene rings is 2. The number of carboxylic acid groups (broad SMARTS) is 1. The second kappa shape index (κ2) is 5.52. The highest BCUT2D eigenvalue weighted by molar-refractivity contribution is 5.83. The topological polar surface area (TPSA) is 54.3 Å². The Morgan fingerprint density at radius 2 is 1.95 bits per heavy atom. The zero-order valence-corrected chi connectivity index (χ0v) is 12.0. The van der Waals surface area contributed by atoms with E-state index in [-0.39, 0.29) is 5.82 Å². The quantitative estimate of drug-likeness (QED) is 0.765. The molecule has 3 aromatic rings. The van der Waals surface area contributed by atoms with Crippen LogP contribution >= 0.6 is 0 Å². The van der Waals surface area contributed by atoms with Gasteiger partial charge in [-0.25, -0.2) is 9.18 Å². The standard InChI is InChI=1S/C17H15FN2O2/c1-11(19-17(21)22)16-9-12-5-2-3-8-15(12)20(16)14-7-4-6-13(18)10-14/h2-11,19H,1H3,(H,21,22). The Morgan fingerprint density at radius 3 is 2.68 bits per heavy atom. The fraction of sp³-hybridized carbons (Fsp3) is 0.118. The molecule has 1 unspecified atom stereocenters. The van der Waals surface area contributed by atoms with E-state index in [1.807, 2.05) is 34.9 Å². The Hall–Kier alpha value is -2.82. The maximum Gasteiger partial charge on any atom is 0.405 e. The first-order valence-electron chi connectivity index (χ1n) is 6.92. The van der Waals surface area contributed by atoms with Gasteiger partial charge in [-0.15, -0.1) is 0 Å². The first-order chi connectivity index (χ1) is 10.6. The van der Waals surface area contributed by atoms with Crippen molar-refractivity contribution in [2.75, 3.05) is 0 Å². The number of fused-ring (bicyclic) bond motifs is 1. The van der Waals surface area contributed by atoms with Gasteiger partial charge >= 0.3 is 6.09 Å². The average Bonchev–Trinajstić information content (AvgIpc) is 2.86. The predicted molar refractivity (Wildman–Crippen MR) is 82.8 cm³/mol. The van der Waals surface area contributed by atoms with E-state index in [4.69, 9.17) is 5.11 Å². The summed E-state index contributed by atoms with van der Waals surface area (Å²) in [4.78, 5) is 10.9. The van der Waals surface area contributed by atoms with Crippen LogP contribution in [0.4, 0.5) is 9.18 Å². The third kappa shape index (κ3) is 2.53. The highest BCUT2D eigenvalue weighted by Crippen LogP contribution is 2.28. The molecule has 1 heterocycles. The highest BCUT2D eigenvalue weighted by atomic mass is 19.1. The SMILES string of the molecule is CC(NC(=O)O)c1cc2ccccc2n1-c1cccc(F)c1. The number of para-hydroxylation sites is 1. The van der Waals surface area contributed by atoms with Crippen LogP contribution in [0.2, 0.25) is 0 Å². The number of nitrogens with zero attached hydrogens (tertiary/aromatic N) is 1. The number of carbonyl (C=O) groups is 1. The molecule has 5 heteroatoms. The maximum absolute atomic E-state index is 13.6. The molecule has 0 bridgehead atoms. The average molecular weight is 298 g/mol. The van der Waals surface area contributed by atoms with Crippen molar-refractivity contribution in [3.05, 3.63) is 66.1 Å². The lowest BCUT2D eigenvalue weighted by Gasteiger charge is -2.16. The van der Waals surface area contributed by atoms with Gasteiger partial charge in [-0.05, 0) is 37.3 Å². The number of hydrogen-bond acceptors (Lipinski definition) is 1. The van der Waals surface area contributed by atoms with Crippen molar-refractivity contribution in [2.45, 2.75) is 13.0 Å². The van der Waals surface area contributed by atoms with Crippen LogP contribution in [-0.2, 0) is 0 Å². The van der Waals surface area contributed by atoms with Crippen molar-refractivity contribution in [1.82, 2.24) is 9.88 Å². The molecule has 0 aliphatic carbocycles. The van der Waals surface area contributed by atoms with Crippen LogP contribution in [0.5, 0.6) is 0 Å². The molecule has 2 N–H and O–H groups in total. The summed E-state index contributed by atoms with van der Waals surface area (Å²) in [6, 6.07) is 15.4. The summed E-state index contributed by atoms with van der Waals surface area (Å²) >= 11 is 0. The molecule has 0 radical (unpaired) electrons. The molecule has 1 atom stereocenters. The van der Waals surface area contributed by atoms with Gasteiger partial charge in [0, 0.05) is 16.8 Å². The number of aromatic nitrogens is 1. The van der Waals surface area contributed by atoms with Crippen LogP contribution in [0.15, 0.2) is 54.6 Å². The molecule has 0 aliphatic heterocycles. The normalized spacial score (nSPS) is 12.3. The van der Waals surface area contributed by atoms with Crippen LogP contribution in [0.25, 0.3) is 16.6 Å². The summed E-state index contributed by atoms with van der Waals surface area (Å²) in [5, 5.41) is 12.4. The first-order valence-corrected chi connectivity index (χ1v) is 6.92. The summed E-state index contributed by atoms with van der Waals surface area (Å²) in [7, 11) is 0. The number of nitrogens with one attached hydrogen (secondary N) is 1. The van der Waals surface area contributed by atoms with Gasteiger partial charge in [-0.3, -0.25) is 0 Å². The van der Waals surface area contributed by atoms with Crippen LogP contribution in [-0.4, -0.2) is 15.8 Å². The van der Waals surface area contributed by atoms with E-state index < -0.39 is 12.1 Å². The summed E-state index contributed by atoms with van der Waals surface area (Å²) in [5.41, 5.74) is 2.33.